The van der Waals surface area contributed by atoms with Crippen LogP contribution >= 0.6 is 23.2 Å². The van der Waals surface area contributed by atoms with E-state index in [1.54, 1.807) is 38.2 Å². The minimum absolute atomic E-state index is 0.0102. The molecule has 0 saturated carbocycles. The van der Waals surface area contributed by atoms with Gasteiger partial charge >= 0.3 is 6.18 Å². The molecule has 1 amide bonds. The second kappa shape index (κ2) is 11.7. The summed E-state index contributed by atoms with van der Waals surface area (Å²) in [6.07, 6.45) is -2.91. The van der Waals surface area contributed by atoms with Gasteiger partial charge in [0, 0.05) is 39.3 Å². The Balaban J connectivity index is 1.84. The Kier molecular flexibility index (Phi) is 9.46. The first kappa shape index (κ1) is 30.7. The molecule has 1 heterocycles. The quantitative estimate of drug-likeness (QED) is 0.417. The molecule has 2 aromatic rings. The molecule has 3 rings (SSSR count). The summed E-state index contributed by atoms with van der Waals surface area (Å²) in [5.41, 5.74) is -0.846. The van der Waals surface area contributed by atoms with E-state index in [0.29, 0.717) is 53.8 Å². The average Bonchev–Trinajstić information content (AvgIpc) is 2.82. The SMILES string of the molecule is C[C@H]1CN(CCC(C)(C(=O)N(C)Cc2cccc(C(F)(F)F)c2)c2ccc(Cl)c(Cl)c2)CCN1S(C)(=O)=O. The van der Waals surface area contributed by atoms with Crippen molar-refractivity contribution in [2.24, 2.45) is 0 Å². The Hall–Kier alpha value is -1.85. The highest BCUT2D eigenvalue weighted by atomic mass is 35.5. The van der Waals surface area contributed by atoms with Crippen molar-refractivity contribution >= 4 is 39.1 Å². The molecule has 12 heteroatoms. The molecule has 1 fully saturated rings. The molecule has 0 N–H and O–H groups in total. The fourth-order valence-corrected chi connectivity index (χ4v) is 6.35. The van der Waals surface area contributed by atoms with Crippen LogP contribution in [0, 0.1) is 0 Å². The Morgan fingerprint density at radius 1 is 1.08 bits per heavy atom. The van der Waals surface area contributed by atoms with Gasteiger partial charge in [-0.3, -0.25) is 4.79 Å². The monoisotopic (exact) mass is 593 g/mol. The fourth-order valence-electron chi connectivity index (χ4n) is 4.92. The summed E-state index contributed by atoms with van der Waals surface area (Å²) in [6.45, 7) is 5.51. The maximum atomic E-state index is 13.9. The van der Waals surface area contributed by atoms with Gasteiger partial charge < -0.3 is 9.80 Å². The van der Waals surface area contributed by atoms with Crippen LogP contribution in [0.2, 0.25) is 10.0 Å². The lowest BCUT2D eigenvalue weighted by atomic mass is 9.77. The zero-order chi connectivity index (χ0) is 28.5. The lowest BCUT2D eigenvalue weighted by molar-refractivity contribution is -0.137. The van der Waals surface area contributed by atoms with Gasteiger partial charge in [-0.15, -0.1) is 0 Å². The summed E-state index contributed by atoms with van der Waals surface area (Å²) in [5.74, 6) is -0.281. The van der Waals surface area contributed by atoms with E-state index in [0.717, 1.165) is 12.1 Å². The number of likely N-dealkylation sites (N-methyl/N-ethyl adjacent to an activating group) is 1. The van der Waals surface area contributed by atoms with Gasteiger partial charge in [-0.2, -0.15) is 17.5 Å². The van der Waals surface area contributed by atoms with Crippen LogP contribution in [0.15, 0.2) is 42.5 Å². The lowest BCUT2D eigenvalue weighted by Crippen LogP contribution is -2.54. The molecule has 2 aromatic carbocycles. The first-order valence-corrected chi connectivity index (χ1v) is 14.7. The predicted octanol–water partition coefficient (Wildman–Crippen LogP) is 5.28. The zero-order valence-corrected chi connectivity index (χ0v) is 24.1. The third-order valence-electron chi connectivity index (χ3n) is 7.05. The summed E-state index contributed by atoms with van der Waals surface area (Å²) in [7, 11) is -1.75. The highest BCUT2D eigenvalue weighted by Crippen LogP contribution is 2.35. The number of piperazine rings is 1. The Morgan fingerprint density at radius 3 is 2.34 bits per heavy atom. The van der Waals surface area contributed by atoms with Gasteiger partial charge in [0.1, 0.15) is 0 Å². The van der Waals surface area contributed by atoms with Crippen LogP contribution in [0.5, 0.6) is 0 Å². The number of hydrogen-bond donors (Lipinski definition) is 0. The Labute approximate surface area is 232 Å². The van der Waals surface area contributed by atoms with Crippen molar-refractivity contribution in [3.63, 3.8) is 0 Å². The molecule has 38 heavy (non-hydrogen) atoms. The van der Waals surface area contributed by atoms with Crippen LogP contribution in [0.25, 0.3) is 0 Å². The van der Waals surface area contributed by atoms with Crippen molar-refractivity contribution in [3.05, 3.63) is 69.2 Å². The summed E-state index contributed by atoms with van der Waals surface area (Å²) >= 11 is 12.4. The second-order valence-electron chi connectivity index (χ2n) is 10.1. The van der Waals surface area contributed by atoms with Gasteiger partial charge in [0.05, 0.1) is 27.3 Å². The van der Waals surface area contributed by atoms with Gasteiger partial charge in [-0.05, 0) is 62.2 Å². The van der Waals surface area contributed by atoms with Gasteiger partial charge in [-0.25, -0.2) is 8.42 Å². The topological polar surface area (TPSA) is 60.9 Å². The number of alkyl halides is 3. The first-order valence-electron chi connectivity index (χ1n) is 12.1. The van der Waals surface area contributed by atoms with Crippen molar-refractivity contribution in [2.45, 2.75) is 44.4 Å². The van der Waals surface area contributed by atoms with Crippen LogP contribution in [0.1, 0.15) is 37.0 Å². The molecule has 0 radical (unpaired) electrons. The molecule has 1 unspecified atom stereocenters. The van der Waals surface area contributed by atoms with E-state index in [1.807, 2.05) is 6.92 Å². The smallest absolute Gasteiger partial charge is 0.341 e. The lowest BCUT2D eigenvalue weighted by Gasteiger charge is -2.40. The van der Waals surface area contributed by atoms with Crippen LogP contribution in [0.3, 0.4) is 0 Å². The maximum absolute atomic E-state index is 13.9. The molecular weight excluding hydrogens is 562 g/mol. The van der Waals surface area contributed by atoms with E-state index in [1.165, 1.54) is 21.5 Å². The highest BCUT2D eigenvalue weighted by Gasteiger charge is 2.39. The molecule has 6 nitrogen and oxygen atoms in total. The minimum atomic E-state index is -4.48. The normalized spacial score (nSPS) is 19.2. The minimum Gasteiger partial charge on any atom is -0.341 e. The number of rotatable bonds is 8. The number of sulfonamides is 1. The van der Waals surface area contributed by atoms with E-state index in [9.17, 15) is 26.4 Å². The average molecular weight is 595 g/mol. The van der Waals surface area contributed by atoms with E-state index < -0.39 is 27.2 Å². The van der Waals surface area contributed by atoms with Crippen LogP contribution < -0.4 is 0 Å². The second-order valence-corrected chi connectivity index (χ2v) is 12.8. The number of amides is 1. The molecule has 210 valence electrons. The standard InChI is InChI=1S/C26H32Cl2F3N3O3S/c1-18-16-33(12-13-34(18)38(4,36)37)11-10-25(2,20-8-9-22(27)23(28)15-20)24(35)32(3)17-19-6-5-7-21(14-19)26(29,30)31/h5-9,14-15,18H,10-13,16-17H2,1-4H3/t18-,25?/m0/s1. The van der Waals surface area contributed by atoms with E-state index in [-0.39, 0.29) is 18.5 Å². The van der Waals surface area contributed by atoms with Crippen molar-refractivity contribution in [1.29, 1.82) is 0 Å². The van der Waals surface area contributed by atoms with Gasteiger partial charge in [-0.1, -0.05) is 41.4 Å². The third-order valence-corrected chi connectivity index (χ3v) is 9.19. The summed E-state index contributed by atoms with van der Waals surface area (Å²) < 4.78 is 65.1. The van der Waals surface area contributed by atoms with Crippen LogP contribution in [0.4, 0.5) is 13.2 Å². The van der Waals surface area contributed by atoms with Crippen LogP contribution in [-0.4, -0.2) is 74.0 Å². The molecule has 1 aliphatic heterocycles. The summed E-state index contributed by atoms with van der Waals surface area (Å²) in [6, 6.07) is 9.69. The maximum Gasteiger partial charge on any atom is 0.416 e. The zero-order valence-electron chi connectivity index (χ0n) is 21.7. The van der Waals surface area contributed by atoms with E-state index >= 15 is 0 Å². The van der Waals surface area contributed by atoms with E-state index in [2.05, 4.69) is 4.90 Å². The molecule has 0 aromatic heterocycles. The number of nitrogens with zero attached hydrogens (tertiary/aromatic N) is 3. The molecule has 0 bridgehead atoms. The number of benzene rings is 2. The Morgan fingerprint density at radius 2 is 1.76 bits per heavy atom. The van der Waals surface area contributed by atoms with Crippen LogP contribution in [-0.2, 0) is 33.0 Å². The van der Waals surface area contributed by atoms with Crippen molar-refractivity contribution in [1.82, 2.24) is 14.1 Å². The van der Waals surface area contributed by atoms with Crippen molar-refractivity contribution in [2.75, 3.05) is 39.5 Å². The number of carbonyl (C=O) groups is 1. The molecular formula is C26H32Cl2F3N3O3S. The Bertz CT molecular complexity index is 1280. The largest absolute Gasteiger partial charge is 0.416 e. The van der Waals surface area contributed by atoms with Gasteiger partial charge in [0.2, 0.25) is 15.9 Å². The molecule has 1 aliphatic rings. The molecule has 0 aliphatic carbocycles. The number of carbonyl (C=O) groups excluding carboxylic acids is 1. The van der Waals surface area contributed by atoms with E-state index in [4.69, 9.17) is 23.2 Å². The molecule has 0 spiro atoms. The van der Waals surface area contributed by atoms with Gasteiger partial charge in [0.15, 0.2) is 0 Å². The molecule has 2 atom stereocenters. The molecule has 1 saturated heterocycles. The predicted molar refractivity (Wildman–Crippen MR) is 144 cm³/mol. The van der Waals surface area contributed by atoms with Gasteiger partial charge in [0.25, 0.3) is 0 Å². The van der Waals surface area contributed by atoms with Crippen molar-refractivity contribution in [3.8, 4) is 0 Å². The third kappa shape index (κ3) is 7.21. The first-order chi connectivity index (χ1) is 17.5. The summed E-state index contributed by atoms with van der Waals surface area (Å²) in [4.78, 5) is 17.4. The number of halogens is 5. The number of hydrogen-bond acceptors (Lipinski definition) is 4. The van der Waals surface area contributed by atoms with Crippen molar-refractivity contribution < 1.29 is 26.4 Å². The highest BCUT2D eigenvalue weighted by molar-refractivity contribution is 7.88. The summed E-state index contributed by atoms with van der Waals surface area (Å²) in [5, 5.41) is 0.632. The fraction of sp³-hybridized carbons (Fsp3) is 0.500.